The van der Waals surface area contributed by atoms with E-state index in [1.54, 1.807) is 39.1 Å². The molecule has 2 aliphatic heterocycles. The van der Waals surface area contributed by atoms with Crippen LogP contribution in [0.3, 0.4) is 0 Å². The first-order valence-electron chi connectivity index (χ1n) is 15.2. The third-order valence-corrected chi connectivity index (χ3v) is 8.52. The van der Waals surface area contributed by atoms with E-state index in [1.807, 2.05) is 4.90 Å². The lowest BCUT2D eigenvalue weighted by Gasteiger charge is -2.37. The molecule has 0 radical (unpaired) electrons. The Labute approximate surface area is 241 Å². The number of fused-ring (bicyclic) bond motifs is 1. The first-order chi connectivity index (χ1) is 19.5. The van der Waals surface area contributed by atoms with Gasteiger partial charge in [-0.05, 0) is 83.5 Å². The minimum atomic E-state index is -2.70. The molecule has 0 amide bonds. The number of nitrogens with one attached hydrogen (secondary N) is 1. The second kappa shape index (κ2) is 12.3. The first-order valence-corrected chi connectivity index (χ1v) is 15.2. The van der Waals surface area contributed by atoms with Gasteiger partial charge in [-0.15, -0.1) is 0 Å². The van der Waals surface area contributed by atoms with Crippen molar-refractivity contribution in [2.45, 2.75) is 108 Å². The number of halogens is 3. The molecule has 1 N–H and O–H groups in total. The molecule has 2 fully saturated rings. The molecule has 2 aromatic heterocycles. The molecular weight excluding hydrogens is 529 g/mol. The normalized spacial score (nSPS) is 22.3. The van der Waals surface area contributed by atoms with Crippen LogP contribution in [0.15, 0.2) is 30.5 Å². The number of carbonyl (C=O) groups is 1. The van der Waals surface area contributed by atoms with Crippen molar-refractivity contribution in [3.63, 3.8) is 0 Å². The maximum atomic E-state index is 15.5. The van der Waals surface area contributed by atoms with E-state index in [2.05, 4.69) is 22.4 Å². The predicted molar refractivity (Wildman–Crippen MR) is 153 cm³/mol. The van der Waals surface area contributed by atoms with Gasteiger partial charge >= 0.3 is 5.97 Å². The highest BCUT2D eigenvalue weighted by Gasteiger charge is 2.49. The fraction of sp³-hybridized carbons (Fsp3) is 0.656. The fourth-order valence-corrected chi connectivity index (χ4v) is 6.42. The molecular formula is C32H43F3N4O2. The zero-order chi connectivity index (χ0) is 29.2. The summed E-state index contributed by atoms with van der Waals surface area (Å²) >= 11 is 0. The van der Waals surface area contributed by atoms with Gasteiger partial charge in [-0.3, -0.25) is 9.88 Å². The number of aryl methyl sites for hydroxylation is 2. The maximum Gasteiger partial charge on any atom is 0.328 e. The molecule has 9 heteroatoms. The summed E-state index contributed by atoms with van der Waals surface area (Å²) in [5, 5.41) is 3.37. The quantitative estimate of drug-likeness (QED) is 0.249. The van der Waals surface area contributed by atoms with Gasteiger partial charge in [0, 0.05) is 60.9 Å². The van der Waals surface area contributed by atoms with Gasteiger partial charge in [0.15, 0.2) is 0 Å². The topological polar surface area (TPSA) is 67.3 Å². The number of pyridine rings is 2. The Kier molecular flexibility index (Phi) is 8.92. The molecule has 1 saturated carbocycles. The zero-order valence-corrected chi connectivity index (χ0v) is 24.5. The molecule has 2 unspecified atom stereocenters. The molecule has 2 aromatic rings. The fourth-order valence-electron chi connectivity index (χ4n) is 6.42. The Morgan fingerprint density at radius 3 is 2.78 bits per heavy atom. The molecule has 0 bridgehead atoms. The third-order valence-electron chi connectivity index (χ3n) is 8.52. The molecule has 1 aliphatic carbocycles. The lowest BCUT2D eigenvalue weighted by molar-refractivity contribution is -0.161. The summed E-state index contributed by atoms with van der Waals surface area (Å²) in [5.41, 5.74) is 2.72. The van der Waals surface area contributed by atoms with E-state index in [9.17, 15) is 13.6 Å². The number of likely N-dealkylation sites (tertiary alicyclic amines) is 1. The lowest BCUT2D eigenvalue weighted by Crippen LogP contribution is -2.40. The van der Waals surface area contributed by atoms with Crippen molar-refractivity contribution in [1.82, 2.24) is 14.9 Å². The van der Waals surface area contributed by atoms with Gasteiger partial charge in [0.25, 0.3) is 0 Å². The molecule has 41 heavy (non-hydrogen) atoms. The van der Waals surface area contributed by atoms with Crippen LogP contribution in [-0.2, 0) is 22.4 Å². The average Bonchev–Trinajstić information content (AvgIpc) is 3.39. The van der Waals surface area contributed by atoms with Crippen LogP contribution >= 0.6 is 0 Å². The zero-order valence-electron chi connectivity index (χ0n) is 24.5. The van der Waals surface area contributed by atoms with Gasteiger partial charge in [-0.25, -0.2) is 22.9 Å². The van der Waals surface area contributed by atoms with Crippen molar-refractivity contribution in [1.29, 1.82) is 0 Å². The summed E-state index contributed by atoms with van der Waals surface area (Å²) in [6.45, 7) is 7.32. The highest BCUT2D eigenvalue weighted by atomic mass is 19.3. The highest BCUT2D eigenvalue weighted by Crippen LogP contribution is 2.49. The maximum absolute atomic E-state index is 15.5. The first kappa shape index (κ1) is 29.8. The van der Waals surface area contributed by atoms with E-state index in [0.717, 1.165) is 50.2 Å². The third kappa shape index (κ3) is 7.40. The number of nitrogens with zero attached hydrogens (tertiary/aromatic N) is 3. The Morgan fingerprint density at radius 1 is 1.22 bits per heavy atom. The lowest BCUT2D eigenvalue weighted by atomic mass is 9.76. The van der Waals surface area contributed by atoms with Gasteiger partial charge in [0.1, 0.15) is 23.6 Å². The van der Waals surface area contributed by atoms with Crippen LogP contribution < -0.4 is 5.32 Å². The second-order valence-corrected chi connectivity index (χ2v) is 13.0. The monoisotopic (exact) mass is 572 g/mol. The Hall–Kier alpha value is -2.68. The number of anilines is 1. The molecule has 224 valence electrons. The molecule has 0 spiro atoms. The molecule has 3 atom stereocenters. The van der Waals surface area contributed by atoms with E-state index in [0.29, 0.717) is 37.2 Å². The van der Waals surface area contributed by atoms with Gasteiger partial charge in [0.2, 0.25) is 5.92 Å². The number of carbonyl (C=O) groups excluding carboxylic acids is 1. The summed E-state index contributed by atoms with van der Waals surface area (Å²) < 4.78 is 48.7. The van der Waals surface area contributed by atoms with E-state index < -0.39 is 35.6 Å². The number of ether oxygens (including phenoxy) is 1. The number of unbranched alkanes of at least 4 members (excludes halogenated alkanes) is 1. The molecule has 3 aliphatic rings. The smallest absolute Gasteiger partial charge is 0.328 e. The minimum Gasteiger partial charge on any atom is -0.459 e. The number of hydrogen-bond donors (Lipinski definition) is 1. The van der Waals surface area contributed by atoms with Crippen LogP contribution in [-0.4, -0.2) is 58.2 Å². The van der Waals surface area contributed by atoms with E-state index in [1.165, 1.54) is 5.56 Å². The Morgan fingerprint density at radius 2 is 2.02 bits per heavy atom. The van der Waals surface area contributed by atoms with Crippen LogP contribution in [0.25, 0.3) is 0 Å². The number of esters is 1. The molecule has 0 aromatic carbocycles. The van der Waals surface area contributed by atoms with Crippen molar-refractivity contribution >= 4 is 11.8 Å². The highest BCUT2D eigenvalue weighted by molar-refractivity contribution is 5.78. The van der Waals surface area contributed by atoms with Crippen molar-refractivity contribution in [2.24, 2.45) is 5.92 Å². The number of rotatable bonds is 10. The predicted octanol–water partition coefficient (Wildman–Crippen LogP) is 6.80. The Balaban J connectivity index is 1.20. The minimum absolute atomic E-state index is 0.195. The second-order valence-electron chi connectivity index (χ2n) is 13.0. The average molecular weight is 573 g/mol. The SMILES string of the molecule is CC(C)(C)OC(=O)C(c1cccnc1C1CC(F)(F)C1)N1CC[C@@H](C(F)CCCCc2ccc3c(n2)NCCC3)C1. The van der Waals surface area contributed by atoms with Gasteiger partial charge in [0.05, 0.1) is 0 Å². The van der Waals surface area contributed by atoms with Gasteiger partial charge in [-0.1, -0.05) is 18.6 Å². The summed E-state index contributed by atoms with van der Waals surface area (Å²) in [6.07, 6.45) is 5.81. The summed E-state index contributed by atoms with van der Waals surface area (Å²) in [7, 11) is 0. The summed E-state index contributed by atoms with van der Waals surface area (Å²) in [4.78, 5) is 24.7. The number of aromatic nitrogens is 2. The van der Waals surface area contributed by atoms with Crippen LogP contribution in [0, 0.1) is 5.92 Å². The van der Waals surface area contributed by atoms with E-state index in [4.69, 9.17) is 9.72 Å². The molecule has 5 rings (SSSR count). The van der Waals surface area contributed by atoms with Crippen molar-refractivity contribution < 1.29 is 22.7 Å². The van der Waals surface area contributed by atoms with Crippen molar-refractivity contribution in [2.75, 3.05) is 25.0 Å². The summed E-state index contributed by atoms with van der Waals surface area (Å²) in [6, 6.07) is 6.96. The molecule has 6 nitrogen and oxygen atoms in total. The number of alkyl halides is 3. The molecule has 4 heterocycles. The van der Waals surface area contributed by atoms with Crippen LogP contribution in [0.5, 0.6) is 0 Å². The largest absolute Gasteiger partial charge is 0.459 e. The Bertz CT molecular complexity index is 1210. The molecule has 1 saturated heterocycles. The summed E-state index contributed by atoms with van der Waals surface area (Å²) in [5.74, 6) is -2.75. The number of hydrogen-bond acceptors (Lipinski definition) is 6. The standard InChI is InChI=1S/C32H43F3N4O2/c1-31(2,3)41-30(40)28(25-10-7-15-36-27(25)23-18-32(34,35)19-23)39-17-14-22(20-39)26(33)11-5-4-9-24-13-12-21-8-6-16-37-29(21)38-24/h7,10,12-13,15,22-23,26,28H,4-6,8-9,11,14,16-20H2,1-3H3,(H,37,38)/t22-,26?,28?/m1/s1. The van der Waals surface area contributed by atoms with Crippen molar-refractivity contribution in [3.05, 3.63) is 53.0 Å². The van der Waals surface area contributed by atoms with E-state index >= 15 is 4.39 Å². The van der Waals surface area contributed by atoms with Gasteiger partial charge < -0.3 is 10.1 Å². The van der Waals surface area contributed by atoms with Crippen LogP contribution in [0.1, 0.15) is 100 Å². The van der Waals surface area contributed by atoms with Crippen LogP contribution in [0.2, 0.25) is 0 Å². The van der Waals surface area contributed by atoms with Gasteiger partial charge in [-0.2, -0.15) is 0 Å². The van der Waals surface area contributed by atoms with E-state index in [-0.39, 0.29) is 18.8 Å². The van der Waals surface area contributed by atoms with Crippen LogP contribution in [0.4, 0.5) is 19.0 Å². The van der Waals surface area contributed by atoms with Crippen molar-refractivity contribution in [3.8, 4) is 0 Å².